The van der Waals surface area contributed by atoms with Gasteiger partial charge < -0.3 is 15.2 Å². The summed E-state index contributed by atoms with van der Waals surface area (Å²) in [4.78, 5) is 4.07. The summed E-state index contributed by atoms with van der Waals surface area (Å²) in [6.45, 7) is 2.04. The number of aromatic nitrogens is 1. The van der Waals surface area contributed by atoms with E-state index in [0.717, 1.165) is 12.0 Å². The fraction of sp³-hybridized carbons (Fsp3) is 0.545. The van der Waals surface area contributed by atoms with Crippen molar-refractivity contribution in [2.45, 2.75) is 25.5 Å². The first-order valence-electron chi connectivity index (χ1n) is 5.00. The number of pyridine rings is 1. The highest BCUT2D eigenvalue weighted by Crippen LogP contribution is 2.21. The molecule has 4 heteroatoms. The summed E-state index contributed by atoms with van der Waals surface area (Å²) in [6.07, 6.45) is 4.28. The van der Waals surface area contributed by atoms with Crippen molar-refractivity contribution in [1.29, 1.82) is 0 Å². The molecule has 0 saturated carbocycles. The van der Waals surface area contributed by atoms with Gasteiger partial charge in [0, 0.05) is 13.3 Å². The van der Waals surface area contributed by atoms with E-state index in [1.54, 1.807) is 26.6 Å². The van der Waals surface area contributed by atoms with Gasteiger partial charge in [-0.05, 0) is 18.1 Å². The van der Waals surface area contributed by atoms with Gasteiger partial charge in [-0.1, -0.05) is 6.92 Å². The van der Waals surface area contributed by atoms with E-state index in [0.29, 0.717) is 5.75 Å². The first kappa shape index (κ1) is 11.9. The molecule has 15 heavy (non-hydrogen) atoms. The number of rotatable bonds is 5. The van der Waals surface area contributed by atoms with Crippen LogP contribution >= 0.6 is 0 Å². The van der Waals surface area contributed by atoms with Crippen molar-refractivity contribution in [2.24, 2.45) is 5.73 Å². The molecule has 0 aliphatic rings. The van der Waals surface area contributed by atoms with Crippen LogP contribution in [-0.4, -0.2) is 25.3 Å². The lowest BCUT2D eigenvalue weighted by Crippen LogP contribution is -2.27. The van der Waals surface area contributed by atoms with Gasteiger partial charge in [-0.2, -0.15) is 0 Å². The first-order chi connectivity index (χ1) is 7.22. The summed E-state index contributed by atoms with van der Waals surface area (Å²) in [5, 5.41) is 0. The molecule has 0 fully saturated rings. The molecule has 2 unspecified atom stereocenters. The smallest absolute Gasteiger partial charge is 0.137 e. The van der Waals surface area contributed by atoms with E-state index in [9.17, 15) is 0 Å². The van der Waals surface area contributed by atoms with Crippen molar-refractivity contribution in [3.8, 4) is 5.75 Å². The van der Waals surface area contributed by atoms with Gasteiger partial charge in [0.2, 0.25) is 0 Å². The van der Waals surface area contributed by atoms with Crippen molar-refractivity contribution in [1.82, 2.24) is 4.98 Å². The van der Waals surface area contributed by atoms with Gasteiger partial charge in [0.05, 0.1) is 25.5 Å². The maximum Gasteiger partial charge on any atom is 0.137 e. The molecular formula is C11H18N2O2. The van der Waals surface area contributed by atoms with Crippen molar-refractivity contribution < 1.29 is 9.47 Å². The fourth-order valence-corrected chi connectivity index (χ4v) is 1.51. The Kier molecular flexibility index (Phi) is 4.52. The van der Waals surface area contributed by atoms with Crippen molar-refractivity contribution in [2.75, 3.05) is 14.2 Å². The number of ether oxygens (including phenoxy) is 2. The van der Waals surface area contributed by atoms with Crippen molar-refractivity contribution in [3.05, 3.63) is 24.0 Å². The lowest BCUT2D eigenvalue weighted by Gasteiger charge is -2.21. The Morgan fingerprint density at radius 2 is 2.13 bits per heavy atom. The maximum absolute atomic E-state index is 6.06. The van der Waals surface area contributed by atoms with Crippen LogP contribution in [0.1, 0.15) is 24.9 Å². The minimum absolute atomic E-state index is 0.0129. The molecule has 1 rings (SSSR count). The quantitative estimate of drug-likeness (QED) is 0.800. The lowest BCUT2D eigenvalue weighted by molar-refractivity contribution is 0.0770. The van der Waals surface area contributed by atoms with Crippen LogP contribution in [0, 0.1) is 0 Å². The zero-order valence-electron chi connectivity index (χ0n) is 9.43. The molecule has 0 radical (unpaired) electrons. The number of nitrogens with zero attached hydrogens (tertiary/aromatic N) is 1. The number of hydrogen-bond donors (Lipinski definition) is 1. The molecule has 2 N–H and O–H groups in total. The molecule has 1 aromatic heterocycles. The van der Waals surface area contributed by atoms with Crippen LogP contribution in [0.5, 0.6) is 5.75 Å². The Labute approximate surface area is 90.4 Å². The van der Waals surface area contributed by atoms with E-state index in [1.165, 1.54) is 0 Å². The molecular weight excluding hydrogens is 192 g/mol. The van der Waals surface area contributed by atoms with Gasteiger partial charge in [0.1, 0.15) is 5.75 Å². The highest BCUT2D eigenvalue weighted by Gasteiger charge is 2.17. The number of hydrogen-bond acceptors (Lipinski definition) is 4. The average molecular weight is 210 g/mol. The molecule has 4 nitrogen and oxygen atoms in total. The van der Waals surface area contributed by atoms with Crippen LogP contribution < -0.4 is 10.5 Å². The zero-order valence-corrected chi connectivity index (χ0v) is 9.43. The van der Waals surface area contributed by atoms with E-state index in [-0.39, 0.29) is 12.1 Å². The van der Waals surface area contributed by atoms with Gasteiger partial charge >= 0.3 is 0 Å². The summed E-state index contributed by atoms with van der Waals surface area (Å²) in [5.74, 6) is 0.717. The molecule has 0 saturated heterocycles. The van der Waals surface area contributed by atoms with E-state index in [1.807, 2.05) is 13.0 Å². The molecule has 0 amide bonds. The SMILES string of the molecule is CCC(OC)C(N)c1cncc(OC)c1. The highest BCUT2D eigenvalue weighted by molar-refractivity contribution is 5.26. The number of methoxy groups -OCH3 is 2. The molecule has 0 bridgehead atoms. The van der Waals surface area contributed by atoms with Gasteiger partial charge in [0.25, 0.3) is 0 Å². The predicted octanol–water partition coefficient (Wildman–Crippen LogP) is 1.52. The normalized spacial score (nSPS) is 14.7. The second kappa shape index (κ2) is 5.68. The predicted molar refractivity (Wildman–Crippen MR) is 58.8 cm³/mol. The van der Waals surface area contributed by atoms with Crippen molar-refractivity contribution >= 4 is 0 Å². The van der Waals surface area contributed by atoms with Crippen LogP contribution in [0.2, 0.25) is 0 Å². The van der Waals surface area contributed by atoms with Gasteiger partial charge in [-0.3, -0.25) is 4.98 Å². The molecule has 0 aliphatic heterocycles. The van der Waals surface area contributed by atoms with Crippen LogP contribution in [0.4, 0.5) is 0 Å². The van der Waals surface area contributed by atoms with E-state index < -0.39 is 0 Å². The van der Waals surface area contributed by atoms with Crippen molar-refractivity contribution in [3.63, 3.8) is 0 Å². The third-order valence-corrected chi connectivity index (χ3v) is 2.46. The first-order valence-corrected chi connectivity index (χ1v) is 5.00. The molecule has 0 aliphatic carbocycles. The Morgan fingerprint density at radius 1 is 1.40 bits per heavy atom. The minimum Gasteiger partial charge on any atom is -0.495 e. The van der Waals surface area contributed by atoms with Gasteiger partial charge in [-0.25, -0.2) is 0 Å². The molecule has 0 spiro atoms. The Bertz CT molecular complexity index is 300. The monoisotopic (exact) mass is 210 g/mol. The van der Waals surface area contributed by atoms with E-state index in [2.05, 4.69) is 4.98 Å². The summed E-state index contributed by atoms with van der Waals surface area (Å²) < 4.78 is 10.4. The Hall–Kier alpha value is -1.13. The lowest BCUT2D eigenvalue weighted by atomic mass is 10.0. The second-order valence-corrected chi connectivity index (χ2v) is 3.37. The summed E-state index contributed by atoms with van der Waals surface area (Å²) in [7, 11) is 3.28. The van der Waals surface area contributed by atoms with Crippen LogP contribution in [0.15, 0.2) is 18.5 Å². The Balaban J connectivity index is 2.84. The topological polar surface area (TPSA) is 57.4 Å². The summed E-state index contributed by atoms with van der Waals surface area (Å²) in [5.41, 5.74) is 7.00. The van der Waals surface area contributed by atoms with E-state index in [4.69, 9.17) is 15.2 Å². The third kappa shape index (κ3) is 2.91. The largest absolute Gasteiger partial charge is 0.495 e. The van der Waals surface area contributed by atoms with E-state index >= 15 is 0 Å². The highest BCUT2D eigenvalue weighted by atomic mass is 16.5. The summed E-state index contributed by atoms with van der Waals surface area (Å²) >= 11 is 0. The van der Waals surface area contributed by atoms with Crippen LogP contribution in [0.3, 0.4) is 0 Å². The standard InChI is InChI=1S/C11H18N2O2/c1-4-10(15-3)11(12)8-5-9(14-2)7-13-6-8/h5-7,10-11H,4,12H2,1-3H3. The molecule has 0 aromatic carbocycles. The fourth-order valence-electron chi connectivity index (χ4n) is 1.51. The Morgan fingerprint density at radius 3 is 2.67 bits per heavy atom. The molecule has 84 valence electrons. The van der Waals surface area contributed by atoms with Gasteiger partial charge in [0.15, 0.2) is 0 Å². The third-order valence-electron chi connectivity index (χ3n) is 2.46. The summed E-state index contributed by atoms with van der Waals surface area (Å²) in [6, 6.07) is 1.72. The minimum atomic E-state index is -0.164. The molecule has 2 atom stereocenters. The van der Waals surface area contributed by atoms with Crippen LogP contribution in [0.25, 0.3) is 0 Å². The van der Waals surface area contributed by atoms with Crippen LogP contribution in [-0.2, 0) is 4.74 Å². The second-order valence-electron chi connectivity index (χ2n) is 3.37. The average Bonchev–Trinajstić information content (AvgIpc) is 2.30. The maximum atomic E-state index is 6.06. The van der Waals surface area contributed by atoms with Gasteiger partial charge in [-0.15, -0.1) is 0 Å². The zero-order chi connectivity index (χ0) is 11.3. The molecule has 1 aromatic rings. The number of nitrogens with two attached hydrogens (primary N) is 1. The molecule has 1 heterocycles.